The van der Waals surface area contributed by atoms with Gasteiger partial charge in [-0.1, -0.05) is 194 Å². The molecule has 0 N–H and O–H groups in total. The normalized spacial score (nSPS) is 10.1. The van der Waals surface area contributed by atoms with E-state index >= 15 is 0 Å². The molecule has 0 aromatic rings. The molecule has 1 aliphatic carbocycles. The highest BCUT2D eigenvalue weighted by Gasteiger charge is 2.04. The van der Waals surface area contributed by atoms with E-state index in [1.165, 1.54) is 51.4 Å². The lowest BCUT2D eigenvalue weighted by Gasteiger charge is -2.13. The first kappa shape index (κ1) is 63.9. The van der Waals surface area contributed by atoms with E-state index in [9.17, 15) is 0 Å². The van der Waals surface area contributed by atoms with Crippen LogP contribution >= 0.6 is 0 Å². The molecular weight excluding hydrogens is 408 g/mol. The number of allylic oxidation sites excluding steroid dienone is 3. The fourth-order valence-corrected chi connectivity index (χ4v) is 1.80. The second kappa shape index (κ2) is 136. The van der Waals surface area contributed by atoms with Crippen LogP contribution in [0.4, 0.5) is 0 Å². The summed E-state index contributed by atoms with van der Waals surface area (Å²) in [6.07, 6.45) is 22.9. The molecule has 0 unspecified atom stereocenters. The van der Waals surface area contributed by atoms with Gasteiger partial charge in [0.15, 0.2) is 0 Å². The predicted octanol–water partition coefficient (Wildman–Crippen LogP) is 14.4. The van der Waals surface area contributed by atoms with E-state index in [1.807, 2.05) is 109 Å². The molecule has 1 rings (SSSR count). The van der Waals surface area contributed by atoms with Crippen molar-refractivity contribution in [3.63, 3.8) is 0 Å². The average Bonchev–Trinajstić information content (AvgIpc) is 2.90. The summed E-state index contributed by atoms with van der Waals surface area (Å²) in [5.41, 5.74) is 0. The molecule has 0 heterocycles. The molecule has 0 amide bonds. The fourth-order valence-electron chi connectivity index (χ4n) is 1.80. The van der Waals surface area contributed by atoms with Gasteiger partial charge in [0.2, 0.25) is 0 Å². The molecule has 0 aromatic carbocycles. The number of hydrogen-bond donors (Lipinski definition) is 0. The largest absolute Gasteiger partial charge is 0.120 e. The molecule has 0 saturated heterocycles. The maximum Gasteiger partial charge on any atom is 0.00576 e. The second-order valence-electron chi connectivity index (χ2n) is 5.48. The van der Waals surface area contributed by atoms with Gasteiger partial charge in [-0.15, -0.1) is 12.3 Å². The molecule has 1 aliphatic rings. The molecule has 0 heteroatoms. The lowest BCUT2D eigenvalue weighted by Crippen LogP contribution is -1.97. The van der Waals surface area contributed by atoms with Crippen molar-refractivity contribution in [2.24, 2.45) is 5.92 Å². The first-order valence-electron chi connectivity index (χ1n) is 14.8. The van der Waals surface area contributed by atoms with Gasteiger partial charge in [-0.2, -0.15) is 0 Å². The maximum absolute atomic E-state index is 4.78. The van der Waals surface area contributed by atoms with Crippen molar-refractivity contribution < 1.29 is 0 Å². The third kappa shape index (κ3) is 193. The van der Waals surface area contributed by atoms with Crippen LogP contribution in [0, 0.1) is 18.3 Å². The molecule has 1 fully saturated rings. The minimum atomic E-state index is 0. The summed E-state index contributed by atoms with van der Waals surface area (Å²) in [5.74, 6) is 3.45. The Morgan fingerprint density at radius 1 is 0.706 bits per heavy atom. The van der Waals surface area contributed by atoms with Gasteiger partial charge in [-0.3, -0.25) is 0 Å². The molecule has 34 heavy (non-hydrogen) atoms. The quantitative estimate of drug-likeness (QED) is 0.254. The van der Waals surface area contributed by atoms with Crippen molar-refractivity contribution >= 4 is 0 Å². The lowest BCUT2D eigenvalue weighted by atomic mass is 9.93. The molecule has 0 spiro atoms. The summed E-state index contributed by atoms with van der Waals surface area (Å²) in [5, 5.41) is 0. The van der Waals surface area contributed by atoms with E-state index < -0.39 is 0 Å². The smallest absolute Gasteiger partial charge is 0.00576 e. The summed E-state index contributed by atoms with van der Waals surface area (Å²) >= 11 is 0. The van der Waals surface area contributed by atoms with E-state index in [0.717, 1.165) is 12.3 Å². The van der Waals surface area contributed by atoms with Gasteiger partial charge in [-0.25, -0.2) is 0 Å². The molecule has 216 valence electrons. The molecule has 0 bridgehead atoms. The molecular formula is C34H80. The Morgan fingerprint density at radius 2 is 0.941 bits per heavy atom. The molecule has 0 radical (unpaired) electrons. The van der Waals surface area contributed by atoms with E-state index in [2.05, 4.69) is 33.3 Å². The zero-order valence-electron chi connectivity index (χ0n) is 27.5. The van der Waals surface area contributed by atoms with E-state index in [0.29, 0.717) is 0 Å². The van der Waals surface area contributed by atoms with Crippen molar-refractivity contribution in [3.05, 3.63) is 24.8 Å². The Labute approximate surface area is 225 Å². The van der Waals surface area contributed by atoms with Crippen LogP contribution in [0.1, 0.15) is 183 Å². The highest BCUT2D eigenvalue weighted by molar-refractivity contribution is 4.94. The highest BCUT2D eigenvalue weighted by atomic mass is 14.1. The van der Waals surface area contributed by atoms with E-state index in [4.69, 9.17) is 6.42 Å². The van der Waals surface area contributed by atoms with Gasteiger partial charge >= 0.3 is 0 Å². The van der Waals surface area contributed by atoms with Crippen molar-refractivity contribution in [2.45, 2.75) is 183 Å². The Morgan fingerprint density at radius 3 is 1.09 bits per heavy atom. The number of terminal acetylenes is 1. The summed E-state index contributed by atoms with van der Waals surface area (Å²) in [7, 11) is 0. The van der Waals surface area contributed by atoms with E-state index in [1.54, 1.807) is 6.08 Å². The minimum Gasteiger partial charge on any atom is -0.120 e. The van der Waals surface area contributed by atoms with Crippen LogP contribution < -0.4 is 0 Å². The van der Waals surface area contributed by atoms with Crippen LogP contribution in [0.25, 0.3) is 0 Å². The predicted molar refractivity (Wildman–Crippen MR) is 176 cm³/mol. The van der Waals surface area contributed by atoms with Gasteiger partial charge in [0, 0.05) is 6.42 Å². The van der Waals surface area contributed by atoms with Crippen LogP contribution in [0.2, 0.25) is 0 Å². The molecule has 0 aromatic heterocycles. The summed E-state index contributed by atoms with van der Waals surface area (Å²) in [6.45, 7) is 38.0. The van der Waals surface area contributed by atoms with Crippen LogP contribution in [-0.4, -0.2) is 0 Å². The second-order valence-corrected chi connectivity index (χ2v) is 5.48. The van der Waals surface area contributed by atoms with Crippen LogP contribution in [0.3, 0.4) is 0 Å². The zero-order valence-corrected chi connectivity index (χ0v) is 27.5. The molecule has 0 atom stereocenters. The first-order valence-corrected chi connectivity index (χ1v) is 14.8. The van der Waals surface area contributed by atoms with Crippen LogP contribution in [-0.2, 0) is 0 Å². The third-order valence-corrected chi connectivity index (χ3v) is 2.93. The Bertz CT molecular complexity index is 221. The van der Waals surface area contributed by atoms with Gasteiger partial charge in [0.05, 0.1) is 0 Å². The van der Waals surface area contributed by atoms with Gasteiger partial charge < -0.3 is 0 Å². The summed E-state index contributed by atoms with van der Waals surface area (Å²) < 4.78 is 0. The monoisotopic (exact) mass is 489 g/mol. The SMILES string of the molecule is C.C#CCC.C=CC=CC.CC.CC.CC.CC.CC.CC.CC1CCCCCCC1.CCC. The Balaban J connectivity index is -0.0000000255. The minimum absolute atomic E-state index is 0. The average molecular weight is 489 g/mol. The van der Waals surface area contributed by atoms with Crippen LogP contribution in [0.5, 0.6) is 0 Å². The van der Waals surface area contributed by atoms with Crippen LogP contribution in [0.15, 0.2) is 24.8 Å². The summed E-state index contributed by atoms with van der Waals surface area (Å²) in [6, 6.07) is 0. The number of rotatable bonds is 1. The standard InChI is InChI=1S/C9H18.C5H8.C4H6.C3H8.6C2H6.CH4/c1-9-7-5-3-2-4-6-8-9;1-3-5-4-2;1-3-4-2;1-3-2;6*1-2;/h9H,2-8H2,1H3;3-5H,1H2,2H3;1H,4H2,2H3;3H2,1-2H3;6*1-2H3;1H4. The topological polar surface area (TPSA) is 0 Å². The zero-order chi connectivity index (χ0) is 28.8. The van der Waals surface area contributed by atoms with Crippen molar-refractivity contribution in [2.75, 3.05) is 0 Å². The van der Waals surface area contributed by atoms with Crippen molar-refractivity contribution in [1.82, 2.24) is 0 Å². The lowest BCUT2D eigenvalue weighted by molar-refractivity contribution is 0.404. The molecule has 1 saturated carbocycles. The number of hydrogen-bond acceptors (Lipinski definition) is 0. The molecule has 0 nitrogen and oxygen atoms in total. The third-order valence-electron chi connectivity index (χ3n) is 2.93. The summed E-state index contributed by atoms with van der Waals surface area (Å²) in [4.78, 5) is 0. The van der Waals surface area contributed by atoms with Crippen molar-refractivity contribution in [3.8, 4) is 12.3 Å². The fraction of sp³-hybridized carbons (Fsp3) is 0.824. The molecule has 0 aliphatic heterocycles. The maximum atomic E-state index is 4.78. The van der Waals surface area contributed by atoms with Gasteiger partial charge in [-0.05, 0) is 12.8 Å². The van der Waals surface area contributed by atoms with Gasteiger partial charge in [0.1, 0.15) is 0 Å². The van der Waals surface area contributed by atoms with E-state index in [-0.39, 0.29) is 7.43 Å². The van der Waals surface area contributed by atoms with Gasteiger partial charge in [0.25, 0.3) is 0 Å². The Hall–Kier alpha value is -0.960. The highest BCUT2D eigenvalue weighted by Crippen LogP contribution is 2.20. The first-order chi connectivity index (χ1) is 16.1. The Kier molecular flexibility index (Phi) is 256. The van der Waals surface area contributed by atoms with Crippen molar-refractivity contribution in [1.29, 1.82) is 0 Å².